The molecular formula is C33H43N3O6S. The molecule has 4 rings (SSSR count). The van der Waals surface area contributed by atoms with Crippen LogP contribution in [0.2, 0.25) is 0 Å². The third-order valence-electron chi connectivity index (χ3n) is 7.20. The van der Waals surface area contributed by atoms with E-state index >= 15 is 0 Å². The van der Waals surface area contributed by atoms with E-state index in [1.165, 1.54) is 0 Å². The number of nitrogens with one attached hydrogen (secondary N) is 1. The van der Waals surface area contributed by atoms with E-state index in [1.54, 1.807) is 32.0 Å². The van der Waals surface area contributed by atoms with Gasteiger partial charge in [-0.2, -0.15) is 0 Å². The van der Waals surface area contributed by atoms with Gasteiger partial charge in [-0.3, -0.25) is 4.72 Å². The average molecular weight is 610 g/mol. The van der Waals surface area contributed by atoms with E-state index in [4.69, 9.17) is 24.2 Å². The number of hydrogen-bond acceptors (Lipinski definition) is 8. The molecule has 0 amide bonds. The molecule has 0 bridgehead atoms. The van der Waals surface area contributed by atoms with Crippen molar-refractivity contribution in [2.75, 3.05) is 24.5 Å². The largest absolute Gasteiger partial charge is 0.502 e. The van der Waals surface area contributed by atoms with Crippen molar-refractivity contribution >= 4 is 37.8 Å². The van der Waals surface area contributed by atoms with Gasteiger partial charge in [-0.1, -0.05) is 53.7 Å². The normalized spacial score (nSPS) is 12.1. The van der Waals surface area contributed by atoms with E-state index in [9.17, 15) is 13.5 Å². The quantitative estimate of drug-likeness (QED) is 0.156. The lowest BCUT2D eigenvalue weighted by atomic mass is 9.89. The highest BCUT2D eigenvalue weighted by molar-refractivity contribution is 7.92. The van der Waals surface area contributed by atoms with Crippen LogP contribution in [0.4, 0.5) is 5.69 Å². The van der Waals surface area contributed by atoms with Crippen LogP contribution in [-0.2, 0) is 10.0 Å². The second-order valence-corrected chi connectivity index (χ2v) is 13.0. The molecule has 10 heteroatoms. The summed E-state index contributed by atoms with van der Waals surface area (Å²) >= 11 is 0. The number of hydrogen-bond donors (Lipinski definition) is 2. The number of rotatable bonds is 12. The maximum absolute atomic E-state index is 14.1. The highest BCUT2D eigenvalue weighted by atomic mass is 32.2. The van der Waals surface area contributed by atoms with E-state index in [2.05, 4.69) is 18.6 Å². The number of phenols is 1. The number of aromatic nitrogens is 2. The molecule has 0 aliphatic rings. The lowest BCUT2D eigenvalue weighted by Crippen LogP contribution is -2.19. The number of phenolic OH excluding ortho intramolecular Hbond substituents is 1. The molecule has 4 aromatic rings. The van der Waals surface area contributed by atoms with Crippen molar-refractivity contribution in [3.05, 3.63) is 47.0 Å². The van der Waals surface area contributed by atoms with Crippen LogP contribution in [0.1, 0.15) is 96.8 Å². The second kappa shape index (κ2) is 12.8. The Morgan fingerprint density at radius 1 is 0.721 bits per heavy atom. The van der Waals surface area contributed by atoms with Gasteiger partial charge in [0, 0.05) is 0 Å². The number of ether oxygens (including phenoxy) is 3. The standard InChI is InChI=1S/C33H43N3O6S/c1-10-40-30-27-28(31(41-11-2)32(29(30)37)42-12-3)34-25-14-13-22(17-26(25)35-27)36-43(38,39)33-23(19(6)7)15-21(18(4)5)16-24(33)20(8)9/h13-20,36-37H,10-12H2,1-9H3. The summed E-state index contributed by atoms with van der Waals surface area (Å²) in [6.07, 6.45) is 0. The molecule has 0 radical (unpaired) electrons. The average Bonchev–Trinajstić information content (AvgIpc) is 2.95. The van der Waals surface area contributed by atoms with Gasteiger partial charge in [0.15, 0.2) is 11.5 Å². The first-order valence-electron chi connectivity index (χ1n) is 14.9. The molecule has 232 valence electrons. The van der Waals surface area contributed by atoms with Crippen LogP contribution < -0.4 is 18.9 Å². The fraction of sp³-hybridized carbons (Fsp3) is 0.455. The molecule has 0 saturated heterocycles. The zero-order chi connectivity index (χ0) is 31.6. The van der Waals surface area contributed by atoms with Gasteiger partial charge in [-0.05, 0) is 73.4 Å². The zero-order valence-corrected chi connectivity index (χ0v) is 27.3. The van der Waals surface area contributed by atoms with Gasteiger partial charge >= 0.3 is 0 Å². The Kier molecular flexibility index (Phi) is 9.59. The molecule has 1 heterocycles. The molecule has 43 heavy (non-hydrogen) atoms. The van der Waals surface area contributed by atoms with E-state index in [0.717, 1.165) is 16.7 Å². The summed E-state index contributed by atoms with van der Waals surface area (Å²) in [7, 11) is -3.97. The monoisotopic (exact) mass is 609 g/mol. The van der Waals surface area contributed by atoms with Crippen LogP contribution in [-0.4, -0.2) is 43.3 Å². The fourth-order valence-corrected chi connectivity index (χ4v) is 6.86. The Morgan fingerprint density at radius 3 is 1.77 bits per heavy atom. The van der Waals surface area contributed by atoms with Crippen LogP contribution in [0.25, 0.3) is 22.1 Å². The molecule has 1 aromatic heterocycles. The third kappa shape index (κ3) is 6.30. The summed E-state index contributed by atoms with van der Waals surface area (Å²) in [5, 5.41) is 11.1. The van der Waals surface area contributed by atoms with E-state index < -0.39 is 10.0 Å². The van der Waals surface area contributed by atoms with E-state index in [1.807, 2.05) is 46.8 Å². The molecule has 3 aromatic carbocycles. The molecule has 9 nitrogen and oxygen atoms in total. The van der Waals surface area contributed by atoms with Crippen molar-refractivity contribution in [2.45, 2.75) is 85.0 Å². The van der Waals surface area contributed by atoms with Gasteiger partial charge in [0.1, 0.15) is 11.0 Å². The lowest BCUT2D eigenvalue weighted by Gasteiger charge is -2.23. The van der Waals surface area contributed by atoms with Gasteiger partial charge in [0.2, 0.25) is 11.5 Å². The number of nitrogens with zero attached hydrogens (tertiary/aromatic N) is 2. The molecule has 0 aliphatic heterocycles. The number of benzene rings is 3. The van der Waals surface area contributed by atoms with Crippen LogP contribution in [0, 0.1) is 0 Å². The third-order valence-corrected chi connectivity index (χ3v) is 8.71. The van der Waals surface area contributed by atoms with Crippen LogP contribution >= 0.6 is 0 Å². The molecular weight excluding hydrogens is 566 g/mol. The Balaban J connectivity index is 1.90. The van der Waals surface area contributed by atoms with Crippen molar-refractivity contribution in [3.8, 4) is 23.0 Å². The highest BCUT2D eigenvalue weighted by Crippen LogP contribution is 2.50. The maximum atomic E-state index is 14.1. The first-order valence-corrected chi connectivity index (χ1v) is 16.4. The molecule has 2 N–H and O–H groups in total. The Bertz CT molecular complexity index is 1720. The molecule has 0 atom stereocenters. The Labute approximate surface area is 254 Å². The van der Waals surface area contributed by atoms with Crippen molar-refractivity contribution in [1.29, 1.82) is 0 Å². The molecule has 0 fully saturated rings. The number of aromatic hydroxyl groups is 1. The second-order valence-electron chi connectivity index (χ2n) is 11.4. The summed E-state index contributed by atoms with van der Waals surface area (Å²) in [5.74, 6) is 0.582. The highest BCUT2D eigenvalue weighted by Gasteiger charge is 2.28. The SMILES string of the molecule is CCOc1c(O)c(OCC)c2nc3cc(NS(=O)(=O)c4c(C(C)C)cc(C(C)C)cc4C(C)C)ccc3nc2c1OCC. The Hall–Kier alpha value is -3.79. The fourth-order valence-electron chi connectivity index (χ4n) is 5.11. The molecule has 0 saturated carbocycles. The van der Waals surface area contributed by atoms with Gasteiger partial charge < -0.3 is 19.3 Å². The summed E-state index contributed by atoms with van der Waals surface area (Å²) in [6.45, 7) is 18.6. The Morgan fingerprint density at radius 2 is 1.23 bits per heavy atom. The van der Waals surface area contributed by atoms with Crippen LogP contribution in [0.3, 0.4) is 0 Å². The number of anilines is 1. The predicted octanol–water partition coefficient (Wildman–Crippen LogP) is 7.86. The zero-order valence-electron chi connectivity index (χ0n) is 26.5. The van der Waals surface area contributed by atoms with Gasteiger partial charge in [-0.15, -0.1) is 0 Å². The van der Waals surface area contributed by atoms with Crippen molar-refractivity contribution in [3.63, 3.8) is 0 Å². The molecule has 0 unspecified atom stereocenters. The van der Waals surface area contributed by atoms with Gasteiger partial charge in [0.25, 0.3) is 10.0 Å². The summed E-state index contributed by atoms with van der Waals surface area (Å²) in [5.41, 5.74) is 4.64. The summed E-state index contributed by atoms with van der Waals surface area (Å²) in [6, 6.07) is 9.04. The van der Waals surface area contributed by atoms with E-state index in [-0.39, 0.29) is 52.9 Å². The number of fused-ring (bicyclic) bond motifs is 2. The van der Waals surface area contributed by atoms with Crippen LogP contribution in [0.15, 0.2) is 35.2 Å². The number of sulfonamides is 1. The summed E-state index contributed by atoms with van der Waals surface area (Å²) < 4.78 is 48.3. The van der Waals surface area contributed by atoms with Crippen LogP contribution in [0.5, 0.6) is 23.0 Å². The predicted molar refractivity (Wildman–Crippen MR) is 172 cm³/mol. The molecule has 0 spiro atoms. The minimum Gasteiger partial charge on any atom is -0.502 e. The topological polar surface area (TPSA) is 120 Å². The van der Waals surface area contributed by atoms with Gasteiger partial charge in [-0.25, -0.2) is 18.4 Å². The van der Waals surface area contributed by atoms with Crippen molar-refractivity contribution < 1.29 is 27.7 Å². The first-order chi connectivity index (χ1) is 20.3. The summed E-state index contributed by atoms with van der Waals surface area (Å²) in [4.78, 5) is 9.87. The lowest BCUT2D eigenvalue weighted by molar-refractivity contribution is 0.266. The maximum Gasteiger partial charge on any atom is 0.262 e. The minimum absolute atomic E-state index is 0.00221. The first kappa shape index (κ1) is 32.1. The van der Waals surface area contributed by atoms with Gasteiger partial charge in [0.05, 0.1) is 41.4 Å². The minimum atomic E-state index is -3.97. The van der Waals surface area contributed by atoms with E-state index in [0.29, 0.717) is 40.3 Å². The molecule has 0 aliphatic carbocycles. The smallest absolute Gasteiger partial charge is 0.262 e. The van der Waals surface area contributed by atoms with Crippen molar-refractivity contribution in [2.24, 2.45) is 0 Å². The van der Waals surface area contributed by atoms with Crippen molar-refractivity contribution in [1.82, 2.24) is 9.97 Å².